The maximum absolute atomic E-state index is 13.3. The van der Waals surface area contributed by atoms with Gasteiger partial charge in [0.15, 0.2) is 0 Å². The zero-order chi connectivity index (χ0) is 16.5. The normalized spacial score (nSPS) is 17.6. The molecule has 0 bridgehead atoms. The summed E-state index contributed by atoms with van der Waals surface area (Å²) in [6.45, 7) is 1.17. The fourth-order valence-electron chi connectivity index (χ4n) is 2.83. The Kier molecular flexibility index (Phi) is 3.86. The zero-order valence-electron chi connectivity index (χ0n) is 12.7. The van der Waals surface area contributed by atoms with Crippen molar-refractivity contribution in [3.05, 3.63) is 58.4 Å². The van der Waals surface area contributed by atoms with Crippen molar-refractivity contribution in [1.82, 2.24) is 15.0 Å². The molecule has 1 amide bonds. The Morgan fingerprint density at radius 3 is 3.04 bits per heavy atom. The highest BCUT2D eigenvalue weighted by Crippen LogP contribution is 2.30. The monoisotopic (exact) mass is 343 g/mol. The van der Waals surface area contributed by atoms with Crippen LogP contribution in [0.15, 0.2) is 46.3 Å². The van der Waals surface area contributed by atoms with E-state index in [0.29, 0.717) is 36.8 Å². The van der Waals surface area contributed by atoms with Crippen molar-refractivity contribution in [1.29, 1.82) is 0 Å². The van der Waals surface area contributed by atoms with Crippen molar-refractivity contribution in [2.45, 2.75) is 18.9 Å². The standard InChI is InChI=1S/C17H14FN3O2S/c18-13-4-1-3-11(7-13)16-19-17(23-20-16)12-8-15(22)21(9-12)10-14-5-2-6-24-14/h1-7,12H,8-10H2. The molecule has 0 radical (unpaired) electrons. The first kappa shape index (κ1) is 15.0. The van der Waals surface area contributed by atoms with Gasteiger partial charge in [0.1, 0.15) is 5.82 Å². The number of hydrogen-bond acceptors (Lipinski definition) is 5. The second-order valence-corrected chi connectivity index (χ2v) is 6.75. The zero-order valence-corrected chi connectivity index (χ0v) is 13.5. The van der Waals surface area contributed by atoms with Gasteiger partial charge in [0.05, 0.1) is 12.5 Å². The fourth-order valence-corrected chi connectivity index (χ4v) is 3.55. The van der Waals surface area contributed by atoms with Gasteiger partial charge in [-0.15, -0.1) is 11.3 Å². The molecule has 24 heavy (non-hydrogen) atoms. The first-order valence-corrected chi connectivity index (χ1v) is 8.47. The van der Waals surface area contributed by atoms with Crippen LogP contribution in [0.5, 0.6) is 0 Å². The molecule has 1 atom stereocenters. The van der Waals surface area contributed by atoms with Crippen LogP contribution in [-0.2, 0) is 11.3 Å². The number of carbonyl (C=O) groups is 1. The molecule has 0 N–H and O–H groups in total. The minimum atomic E-state index is -0.350. The first-order valence-electron chi connectivity index (χ1n) is 7.59. The maximum Gasteiger partial charge on any atom is 0.232 e. The number of likely N-dealkylation sites (tertiary alicyclic amines) is 1. The van der Waals surface area contributed by atoms with Gasteiger partial charge in [0.25, 0.3) is 0 Å². The van der Waals surface area contributed by atoms with Crippen LogP contribution in [-0.4, -0.2) is 27.5 Å². The summed E-state index contributed by atoms with van der Waals surface area (Å²) in [5, 5.41) is 5.91. The smallest absolute Gasteiger partial charge is 0.232 e. The summed E-state index contributed by atoms with van der Waals surface area (Å²) in [7, 11) is 0. The number of hydrogen-bond donors (Lipinski definition) is 0. The molecule has 3 heterocycles. The highest BCUT2D eigenvalue weighted by Gasteiger charge is 2.34. The van der Waals surface area contributed by atoms with E-state index in [4.69, 9.17) is 4.52 Å². The summed E-state index contributed by atoms with van der Waals surface area (Å²) in [5.41, 5.74) is 0.560. The predicted octanol–water partition coefficient (Wildman–Crippen LogP) is 3.45. The van der Waals surface area contributed by atoms with E-state index in [1.165, 1.54) is 12.1 Å². The Balaban J connectivity index is 1.50. The second-order valence-electron chi connectivity index (χ2n) is 5.72. The Hall–Kier alpha value is -2.54. The van der Waals surface area contributed by atoms with Crippen molar-refractivity contribution < 1.29 is 13.7 Å². The lowest BCUT2D eigenvalue weighted by Gasteiger charge is -2.14. The van der Waals surface area contributed by atoms with Crippen LogP contribution in [0.2, 0.25) is 0 Å². The van der Waals surface area contributed by atoms with Crippen molar-refractivity contribution >= 4 is 17.2 Å². The lowest BCUT2D eigenvalue weighted by Crippen LogP contribution is -2.23. The molecule has 0 aliphatic carbocycles. The molecule has 1 aliphatic rings. The predicted molar refractivity (Wildman–Crippen MR) is 86.8 cm³/mol. The molecule has 0 spiro atoms. The molecule has 1 saturated heterocycles. The van der Waals surface area contributed by atoms with Gasteiger partial charge >= 0.3 is 0 Å². The molecular weight excluding hydrogens is 329 g/mol. The molecule has 3 aromatic rings. The molecule has 5 nitrogen and oxygen atoms in total. The van der Waals surface area contributed by atoms with E-state index in [2.05, 4.69) is 10.1 Å². The summed E-state index contributed by atoms with van der Waals surface area (Å²) in [5.74, 6) is 0.383. The van der Waals surface area contributed by atoms with Gasteiger partial charge in [0, 0.05) is 23.4 Å². The van der Waals surface area contributed by atoms with Crippen molar-refractivity contribution in [2.75, 3.05) is 6.54 Å². The van der Waals surface area contributed by atoms with Crippen LogP contribution in [0.25, 0.3) is 11.4 Å². The Morgan fingerprint density at radius 1 is 1.33 bits per heavy atom. The van der Waals surface area contributed by atoms with Crippen molar-refractivity contribution in [3.8, 4) is 11.4 Å². The van der Waals surface area contributed by atoms with Gasteiger partial charge in [0.2, 0.25) is 17.6 Å². The molecule has 1 unspecified atom stereocenters. The minimum Gasteiger partial charge on any atom is -0.339 e. The van der Waals surface area contributed by atoms with Gasteiger partial charge in [-0.25, -0.2) is 4.39 Å². The third kappa shape index (κ3) is 2.94. The summed E-state index contributed by atoms with van der Waals surface area (Å²) >= 11 is 1.63. The van der Waals surface area contributed by atoms with E-state index in [0.717, 1.165) is 4.88 Å². The van der Waals surface area contributed by atoms with Crippen LogP contribution in [0.3, 0.4) is 0 Å². The van der Waals surface area contributed by atoms with Crippen LogP contribution >= 0.6 is 11.3 Å². The average Bonchev–Trinajstić information content (AvgIpc) is 3.30. The number of thiophene rings is 1. The molecule has 4 rings (SSSR count). The molecule has 0 saturated carbocycles. The van der Waals surface area contributed by atoms with Gasteiger partial charge in [-0.3, -0.25) is 4.79 Å². The second kappa shape index (κ2) is 6.16. The average molecular weight is 343 g/mol. The van der Waals surface area contributed by atoms with E-state index in [1.54, 1.807) is 23.5 Å². The highest BCUT2D eigenvalue weighted by molar-refractivity contribution is 7.09. The van der Waals surface area contributed by atoms with E-state index in [-0.39, 0.29) is 17.6 Å². The van der Waals surface area contributed by atoms with Crippen molar-refractivity contribution in [2.24, 2.45) is 0 Å². The lowest BCUT2D eigenvalue weighted by atomic mass is 10.1. The number of carbonyl (C=O) groups excluding carboxylic acids is 1. The number of benzene rings is 1. The largest absolute Gasteiger partial charge is 0.339 e. The number of nitrogens with zero attached hydrogens (tertiary/aromatic N) is 3. The molecule has 1 aromatic carbocycles. The Labute approximate surface area is 141 Å². The first-order chi connectivity index (χ1) is 11.7. The van der Waals surface area contributed by atoms with E-state index in [1.807, 2.05) is 22.4 Å². The molecule has 2 aromatic heterocycles. The number of halogens is 1. The van der Waals surface area contributed by atoms with Crippen LogP contribution in [0.1, 0.15) is 23.1 Å². The quantitative estimate of drug-likeness (QED) is 0.728. The van der Waals surface area contributed by atoms with Gasteiger partial charge in [-0.2, -0.15) is 4.98 Å². The van der Waals surface area contributed by atoms with Crippen LogP contribution in [0.4, 0.5) is 4.39 Å². The number of rotatable bonds is 4. The van der Waals surface area contributed by atoms with Crippen molar-refractivity contribution in [3.63, 3.8) is 0 Å². The van der Waals surface area contributed by atoms with Gasteiger partial charge in [-0.05, 0) is 23.6 Å². The highest BCUT2D eigenvalue weighted by atomic mass is 32.1. The van der Waals surface area contributed by atoms with E-state index < -0.39 is 0 Å². The Bertz CT molecular complexity index is 862. The lowest BCUT2D eigenvalue weighted by molar-refractivity contribution is -0.128. The minimum absolute atomic E-state index is 0.0823. The SMILES string of the molecule is O=C1CC(c2nc(-c3cccc(F)c3)no2)CN1Cc1cccs1. The molecule has 1 fully saturated rings. The van der Waals surface area contributed by atoms with E-state index in [9.17, 15) is 9.18 Å². The topological polar surface area (TPSA) is 59.2 Å². The Morgan fingerprint density at radius 2 is 2.25 bits per heavy atom. The third-order valence-electron chi connectivity index (χ3n) is 4.02. The summed E-state index contributed by atoms with van der Waals surface area (Å²) < 4.78 is 18.6. The maximum atomic E-state index is 13.3. The molecule has 7 heteroatoms. The third-order valence-corrected chi connectivity index (χ3v) is 4.88. The molecule has 122 valence electrons. The summed E-state index contributed by atoms with van der Waals surface area (Å²) in [6.07, 6.45) is 0.357. The number of aromatic nitrogens is 2. The van der Waals surface area contributed by atoms with Crippen LogP contribution in [0, 0.1) is 5.82 Å². The summed E-state index contributed by atoms with van der Waals surface area (Å²) in [6, 6.07) is 10.0. The van der Waals surface area contributed by atoms with Gasteiger partial charge < -0.3 is 9.42 Å². The van der Waals surface area contributed by atoms with Crippen LogP contribution < -0.4 is 0 Å². The fraction of sp³-hybridized carbons (Fsp3) is 0.235. The molecular formula is C17H14FN3O2S. The molecule has 1 aliphatic heterocycles. The number of amides is 1. The van der Waals surface area contributed by atoms with E-state index >= 15 is 0 Å². The van der Waals surface area contributed by atoms with Gasteiger partial charge in [-0.1, -0.05) is 23.4 Å². The summed E-state index contributed by atoms with van der Waals surface area (Å²) in [4.78, 5) is 19.5.